The van der Waals surface area contributed by atoms with E-state index in [2.05, 4.69) is 32.4 Å². The van der Waals surface area contributed by atoms with Crippen molar-refractivity contribution in [3.63, 3.8) is 0 Å². The van der Waals surface area contributed by atoms with E-state index in [-0.39, 0.29) is 25.4 Å². The van der Waals surface area contributed by atoms with Gasteiger partial charge in [0.1, 0.15) is 23.4 Å². The molecule has 10 heteroatoms. The zero-order chi connectivity index (χ0) is 27.6. The third kappa shape index (κ3) is 6.24. The summed E-state index contributed by atoms with van der Waals surface area (Å²) in [6.45, 7) is 4.67. The number of nitriles is 1. The first-order chi connectivity index (χ1) is 18.7. The van der Waals surface area contributed by atoms with Crippen molar-refractivity contribution in [2.45, 2.75) is 45.6 Å². The van der Waals surface area contributed by atoms with E-state index in [0.717, 1.165) is 17.1 Å². The number of imidazole rings is 1. The molecule has 200 valence electrons. The number of hydrogen-bond donors (Lipinski definition) is 0. The highest BCUT2D eigenvalue weighted by Gasteiger charge is 2.27. The Balaban J connectivity index is 1.54. The number of nitrogens with zero attached hydrogens (tertiary/aromatic N) is 5. The smallest absolute Gasteiger partial charge is 0.390 e. The predicted octanol–water partition coefficient (Wildman–Crippen LogP) is 4.76. The van der Waals surface area contributed by atoms with Gasteiger partial charge in [-0.2, -0.15) is 18.4 Å². The standard InChI is InChI=1S/C29H26F3N5O2/c1-20-34-15-25-18-35-10-11-36(28(38)19-35)17-24-13-26(8-7-22(24)4-2-3-9-29(30,31)32)39-27-12-21(16-37(20)25)5-6-23(27)14-33/h5-8,12-13,15H,3,9-11,16-19H2,1H3. The van der Waals surface area contributed by atoms with Gasteiger partial charge in [-0.25, -0.2) is 4.98 Å². The Labute approximate surface area is 224 Å². The first-order valence-electron chi connectivity index (χ1n) is 12.6. The predicted molar refractivity (Wildman–Crippen MR) is 137 cm³/mol. The number of hydrogen-bond acceptors (Lipinski definition) is 5. The maximum atomic E-state index is 13.1. The molecule has 39 heavy (non-hydrogen) atoms. The maximum Gasteiger partial charge on any atom is 0.390 e. The molecule has 4 heterocycles. The molecule has 3 aliphatic heterocycles. The third-order valence-electron chi connectivity index (χ3n) is 6.85. The lowest BCUT2D eigenvalue weighted by molar-refractivity contribution is -0.137. The van der Waals surface area contributed by atoms with Gasteiger partial charge < -0.3 is 14.2 Å². The molecule has 1 amide bonds. The number of fused-ring (bicyclic) bond motifs is 2. The van der Waals surface area contributed by atoms with E-state index in [1.54, 1.807) is 29.2 Å². The summed E-state index contributed by atoms with van der Waals surface area (Å²) in [5, 5.41) is 9.68. The molecule has 0 saturated carbocycles. The molecule has 1 fully saturated rings. The summed E-state index contributed by atoms with van der Waals surface area (Å²) < 4.78 is 46.0. The van der Waals surface area contributed by atoms with Crippen LogP contribution in [0.1, 0.15) is 46.6 Å². The second kappa shape index (κ2) is 10.8. The number of aryl methyl sites for hydroxylation is 1. The largest absolute Gasteiger partial charge is 0.456 e. The first kappa shape index (κ1) is 26.3. The number of benzene rings is 2. The second-order valence-electron chi connectivity index (χ2n) is 9.69. The highest BCUT2D eigenvalue weighted by Crippen LogP contribution is 2.30. The van der Waals surface area contributed by atoms with Crippen LogP contribution in [0.4, 0.5) is 13.2 Å². The summed E-state index contributed by atoms with van der Waals surface area (Å²) in [4.78, 5) is 21.4. The van der Waals surface area contributed by atoms with Gasteiger partial charge in [-0.3, -0.25) is 9.69 Å². The Bertz CT molecular complexity index is 1510. The van der Waals surface area contributed by atoms with Crippen LogP contribution in [0, 0.1) is 30.1 Å². The van der Waals surface area contributed by atoms with Crippen molar-refractivity contribution in [1.29, 1.82) is 5.26 Å². The summed E-state index contributed by atoms with van der Waals surface area (Å²) in [6, 6.07) is 12.7. The van der Waals surface area contributed by atoms with E-state index in [1.165, 1.54) is 0 Å². The van der Waals surface area contributed by atoms with Gasteiger partial charge in [-0.05, 0) is 48.4 Å². The lowest BCUT2D eigenvalue weighted by Crippen LogP contribution is -2.49. The fraction of sp³-hybridized carbons (Fsp3) is 0.345. The van der Waals surface area contributed by atoms with Crippen molar-refractivity contribution in [3.8, 4) is 29.4 Å². The molecule has 3 aromatic rings. The van der Waals surface area contributed by atoms with Crippen LogP contribution >= 0.6 is 0 Å². The Morgan fingerprint density at radius 2 is 1.87 bits per heavy atom. The quantitative estimate of drug-likeness (QED) is 0.422. The molecule has 1 aromatic heterocycles. The average molecular weight is 534 g/mol. The Morgan fingerprint density at radius 3 is 2.64 bits per heavy atom. The first-order valence-corrected chi connectivity index (χ1v) is 12.6. The Morgan fingerprint density at radius 1 is 1.05 bits per heavy atom. The van der Waals surface area contributed by atoms with Gasteiger partial charge >= 0.3 is 6.18 Å². The Hall–Kier alpha value is -4.28. The van der Waals surface area contributed by atoms with Gasteiger partial charge in [0.05, 0.1) is 24.2 Å². The minimum atomic E-state index is -4.27. The van der Waals surface area contributed by atoms with Crippen LogP contribution < -0.4 is 4.74 Å². The van der Waals surface area contributed by atoms with E-state index in [0.29, 0.717) is 54.4 Å². The van der Waals surface area contributed by atoms with Crippen LogP contribution in [0.3, 0.4) is 0 Å². The molecule has 1 atom stereocenters. The number of amides is 1. The minimum absolute atomic E-state index is 0.0459. The van der Waals surface area contributed by atoms with Crippen LogP contribution in [0.25, 0.3) is 0 Å². The van der Waals surface area contributed by atoms with Crippen molar-refractivity contribution >= 4 is 5.91 Å². The summed E-state index contributed by atoms with van der Waals surface area (Å²) in [5.41, 5.74) is 3.48. The number of aromatic nitrogens is 2. The summed E-state index contributed by atoms with van der Waals surface area (Å²) in [5.74, 6) is 7.09. The SMILES string of the molecule is Cc1ncc2n1Cc1ccc(C#N)c(c1)Oc1ccc(C#CCCC(F)(F)F)c(c1)CN1CCN(CC1=O)C2. The van der Waals surface area contributed by atoms with Crippen molar-refractivity contribution < 1.29 is 22.7 Å². The molecule has 1 unspecified atom stereocenters. The van der Waals surface area contributed by atoms with E-state index >= 15 is 0 Å². The van der Waals surface area contributed by atoms with Crippen LogP contribution in [0.5, 0.6) is 11.5 Å². The molecule has 2 aromatic carbocycles. The third-order valence-corrected chi connectivity index (χ3v) is 6.85. The van der Waals surface area contributed by atoms with Crippen LogP contribution in [-0.2, 0) is 24.4 Å². The van der Waals surface area contributed by atoms with E-state index < -0.39 is 12.6 Å². The molecule has 0 N–H and O–H groups in total. The monoisotopic (exact) mass is 533 g/mol. The normalized spacial score (nSPS) is 17.1. The number of ether oxygens (including phenoxy) is 1. The van der Waals surface area contributed by atoms with Crippen molar-refractivity contribution in [2.24, 2.45) is 0 Å². The minimum Gasteiger partial charge on any atom is -0.456 e. The van der Waals surface area contributed by atoms with Crippen LogP contribution in [0.2, 0.25) is 0 Å². The summed E-state index contributed by atoms with van der Waals surface area (Å²) in [6.07, 6.45) is -3.74. The molecule has 0 aliphatic carbocycles. The topological polar surface area (TPSA) is 74.4 Å². The molecule has 3 aliphatic rings. The number of carbonyl (C=O) groups excluding carboxylic acids is 1. The average Bonchev–Trinajstić information content (AvgIpc) is 3.22. The van der Waals surface area contributed by atoms with E-state index in [9.17, 15) is 23.2 Å². The van der Waals surface area contributed by atoms with Gasteiger partial charge in [0, 0.05) is 50.9 Å². The second-order valence-corrected chi connectivity index (χ2v) is 9.69. The highest BCUT2D eigenvalue weighted by atomic mass is 19.4. The lowest BCUT2D eigenvalue weighted by atomic mass is 10.1. The molecule has 0 radical (unpaired) electrons. The zero-order valence-corrected chi connectivity index (χ0v) is 21.4. The fourth-order valence-electron chi connectivity index (χ4n) is 4.75. The molecular formula is C29H26F3N5O2. The Kier molecular flexibility index (Phi) is 7.32. The number of piperazine rings is 1. The van der Waals surface area contributed by atoms with Gasteiger partial charge in [-0.1, -0.05) is 17.9 Å². The van der Waals surface area contributed by atoms with Crippen LogP contribution in [-0.4, -0.2) is 51.1 Å². The molecular weight excluding hydrogens is 507 g/mol. The lowest BCUT2D eigenvalue weighted by Gasteiger charge is -2.34. The van der Waals surface area contributed by atoms with Gasteiger partial charge in [0.25, 0.3) is 0 Å². The summed E-state index contributed by atoms with van der Waals surface area (Å²) in [7, 11) is 0. The van der Waals surface area contributed by atoms with Gasteiger partial charge in [0.2, 0.25) is 5.91 Å². The number of carbonyl (C=O) groups is 1. The fourth-order valence-corrected chi connectivity index (χ4v) is 4.75. The number of rotatable bonds is 1. The van der Waals surface area contributed by atoms with Crippen LogP contribution in [0.15, 0.2) is 42.6 Å². The van der Waals surface area contributed by atoms with Gasteiger partial charge in [-0.15, -0.1) is 0 Å². The maximum absolute atomic E-state index is 13.1. The van der Waals surface area contributed by atoms with E-state index in [4.69, 9.17) is 4.74 Å². The number of halogens is 3. The van der Waals surface area contributed by atoms with Crippen molar-refractivity contribution in [1.82, 2.24) is 19.4 Å². The molecule has 0 spiro atoms. The summed E-state index contributed by atoms with van der Waals surface area (Å²) >= 11 is 0. The van der Waals surface area contributed by atoms with Crippen molar-refractivity contribution in [2.75, 3.05) is 19.6 Å². The molecule has 7 nitrogen and oxygen atoms in total. The highest BCUT2D eigenvalue weighted by molar-refractivity contribution is 5.79. The number of alkyl halides is 3. The van der Waals surface area contributed by atoms with Gasteiger partial charge in [0.15, 0.2) is 0 Å². The van der Waals surface area contributed by atoms with Crippen molar-refractivity contribution in [3.05, 3.63) is 76.4 Å². The molecule has 1 saturated heterocycles. The molecule has 6 rings (SSSR count). The van der Waals surface area contributed by atoms with E-state index in [1.807, 2.05) is 25.3 Å². The zero-order valence-electron chi connectivity index (χ0n) is 21.4. The molecule has 6 bridgehead atoms.